The van der Waals surface area contributed by atoms with Crippen molar-refractivity contribution in [3.8, 4) is 0 Å². The number of nitrogens with zero attached hydrogens (tertiary/aromatic N) is 3. The Hall–Kier alpha value is -1.72. The zero-order chi connectivity index (χ0) is 16.3. The molecule has 1 aliphatic heterocycles. The Morgan fingerprint density at radius 1 is 1.30 bits per heavy atom. The van der Waals surface area contributed by atoms with Gasteiger partial charge >= 0.3 is 0 Å². The van der Waals surface area contributed by atoms with Crippen molar-refractivity contribution in [2.24, 2.45) is 0 Å². The van der Waals surface area contributed by atoms with Crippen LogP contribution in [0.3, 0.4) is 0 Å². The molecule has 0 radical (unpaired) electrons. The van der Waals surface area contributed by atoms with Crippen LogP contribution in [0.1, 0.15) is 31.7 Å². The summed E-state index contributed by atoms with van der Waals surface area (Å²) in [5, 5.41) is 5.21. The Morgan fingerprint density at radius 3 is 2.87 bits per heavy atom. The Bertz CT molecular complexity index is 703. The highest BCUT2D eigenvalue weighted by Gasteiger charge is 2.42. The SMILES string of the molecule is CCCC1=COC(CCn2cncn2)(c2ccc(Cl)cc2Cl)O1. The summed E-state index contributed by atoms with van der Waals surface area (Å²) in [5.41, 5.74) is 0.756. The van der Waals surface area contributed by atoms with E-state index in [0.717, 1.165) is 24.2 Å². The number of aryl methyl sites for hydroxylation is 1. The molecule has 1 aromatic carbocycles. The second-order valence-electron chi connectivity index (χ2n) is 5.34. The van der Waals surface area contributed by atoms with Gasteiger partial charge in [0, 0.05) is 17.9 Å². The Balaban J connectivity index is 1.87. The molecule has 2 heterocycles. The van der Waals surface area contributed by atoms with Gasteiger partial charge < -0.3 is 9.47 Å². The summed E-state index contributed by atoms with van der Waals surface area (Å²) in [6.07, 6.45) is 7.17. The first-order valence-corrected chi connectivity index (χ1v) is 8.22. The maximum absolute atomic E-state index is 6.38. The molecule has 0 aliphatic carbocycles. The van der Waals surface area contributed by atoms with Crippen LogP contribution in [0.25, 0.3) is 0 Å². The molecule has 23 heavy (non-hydrogen) atoms. The summed E-state index contributed by atoms with van der Waals surface area (Å²) in [4.78, 5) is 3.95. The summed E-state index contributed by atoms with van der Waals surface area (Å²) in [5.74, 6) is -0.143. The normalized spacial score (nSPS) is 20.0. The average Bonchev–Trinajstić information content (AvgIpc) is 3.16. The number of rotatable bonds is 6. The van der Waals surface area contributed by atoms with E-state index in [4.69, 9.17) is 32.7 Å². The lowest BCUT2D eigenvalue weighted by molar-refractivity contribution is -0.165. The molecular formula is C16H17Cl2N3O2. The minimum atomic E-state index is -0.960. The quantitative estimate of drug-likeness (QED) is 0.766. The summed E-state index contributed by atoms with van der Waals surface area (Å²) < 4.78 is 13.8. The average molecular weight is 354 g/mol. The smallest absolute Gasteiger partial charge is 0.280 e. The van der Waals surface area contributed by atoms with Crippen LogP contribution in [0.5, 0.6) is 0 Å². The first kappa shape index (κ1) is 16.1. The molecule has 0 spiro atoms. The largest absolute Gasteiger partial charge is 0.452 e. The van der Waals surface area contributed by atoms with Crippen molar-refractivity contribution in [3.05, 3.63) is 58.5 Å². The molecule has 1 unspecified atom stereocenters. The third kappa shape index (κ3) is 3.46. The Morgan fingerprint density at radius 2 is 2.17 bits per heavy atom. The fourth-order valence-electron chi connectivity index (χ4n) is 2.55. The van der Waals surface area contributed by atoms with Crippen LogP contribution in [-0.2, 0) is 21.8 Å². The molecule has 0 bridgehead atoms. The second-order valence-corrected chi connectivity index (χ2v) is 6.18. The molecule has 122 valence electrons. The number of hydrogen-bond donors (Lipinski definition) is 0. The first-order valence-electron chi connectivity index (χ1n) is 7.47. The van der Waals surface area contributed by atoms with Crippen LogP contribution in [-0.4, -0.2) is 14.8 Å². The van der Waals surface area contributed by atoms with E-state index in [0.29, 0.717) is 23.0 Å². The molecule has 0 N–H and O–H groups in total. The van der Waals surface area contributed by atoms with E-state index in [1.807, 2.05) is 6.07 Å². The van der Waals surface area contributed by atoms with E-state index >= 15 is 0 Å². The maximum atomic E-state index is 6.38. The molecule has 1 aromatic heterocycles. The molecule has 0 saturated heterocycles. The van der Waals surface area contributed by atoms with Crippen molar-refractivity contribution >= 4 is 23.2 Å². The van der Waals surface area contributed by atoms with Crippen molar-refractivity contribution < 1.29 is 9.47 Å². The lowest BCUT2D eigenvalue weighted by Crippen LogP contribution is -2.30. The van der Waals surface area contributed by atoms with E-state index in [9.17, 15) is 0 Å². The third-order valence-electron chi connectivity index (χ3n) is 3.65. The predicted molar refractivity (Wildman–Crippen MR) is 87.9 cm³/mol. The highest BCUT2D eigenvalue weighted by molar-refractivity contribution is 6.35. The predicted octanol–water partition coefficient (Wildman–Crippen LogP) is 4.52. The zero-order valence-corrected chi connectivity index (χ0v) is 14.2. The number of aromatic nitrogens is 3. The molecule has 0 fully saturated rings. The number of ether oxygens (including phenoxy) is 2. The van der Waals surface area contributed by atoms with Gasteiger partial charge in [-0.1, -0.05) is 30.1 Å². The molecule has 0 saturated carbocycles. The molecule has 1 atom stereocenters. The van der Waals surface area contributed by atoms with E-state index < -0.39 is 5.79 Å². The number of halogens is 2. The summed E-state index contributed by atoms with van der Waals surface area (Å²) >= 11 is 12.4. The maximum Gasteiger partial charge on any atom is 0.280 e. The fourth-order valence-corrected chi connectivity index (χ4v) is 3.10. The number of benzene rings is 1. The minimum absolute atomic E-state index is 0.516. The summed E-state index contributed by atoms with van der Waals surface area (Å²) in [6, 6.07) is 5.32. The molecule has 1 aliphatic rings. The van der Waals surface area contributed by atoms with Gasteiger partial charge in [-0.3, -0.25) is 4.68 Å². The van der Waals surface area contributed by atoms with Gasteiger partial charge in [-0.15, -0.1) is 0 Å². The van der Waals surface area contributed by atoms with Gasteiger partial charge in [-0.2, -0.15) is 5.10 Å². The zero-order valence-electron chi connectivity index (χ0n) is 12.7. The Kier molecular flexibility index (Phi) is 4.78. The van der Waals surface area contributed by atoms with Gasteiger partial charge in [0.25, 0.3) is 5.79 Å². The fraction of sp³-hybridized carbons (Fsp3) is 0.375. The van der Waals surface area contributed by atoms with E-state index in [1.54, 1.807) is 29.4 Å². The van der Waals surface area contributed by atoms with E-state index in [1.165, 1.54) is 6.33 Å². The first-order chi connectivity index (χ1) is 11.1. The molecule has 2 aromatic rings. The van der Waals surface area contributed by atoms with Crippen molar-refractivity contribution in [2.45, 2.75) is 38.5 Å². The van der Waals surface area contributed by atoms with Crippen LogP contribution in [0.15, 0.2) is 42.9 Å². The van der Waals surface area contributed by atoms with Crippen molar-refractivity contribution in [1.29, 1.82) is 0 Å². The molecule has 7 heteroatoms. The van der Waals surface area contributed by atoms with Gasteiger partial charge in [0.2, 0.25) is 0 Å². The lowest BCUT2D eigenvalue weighted by atomic mass is 10.0. The topological polar surface area (TPSA) is 49.2 Å². The highest BCUT2D eigenvalue weighted by Crippen LogP contribution is 2.43. The van der Waals surface area contributed by atoms with Gasteiger partial charge in [-0.05, 0) is 24.6 Å². The Labute approximate surface area is 144 Å². The third-order valence-corrected chi connectivity index (χ3v) is 4.20. The van der Waals surface area contributed by atoms with Crippen molar-refractivity contribution in [1.82, 2.24) is 14.8 Å². The van der Waals surface area contributed by atoms with Gasteiger partial charge in [0.15, 0.2) is 0 Å². The van der Waals surface area contributed by atoms with E-state index in [2.05, 4.69) is 17.0 Å². The number of hydrogen-bond acceptors (Lipinski definition) is 4. The second kappa shape index (κ2) is 6.81. The van der Waals surface area contributed by atoms with Crippen LogP contribution in [0.2, 0.25) is 10.0 Å². The monoisotopic (exact) mass is 353 g/mol. The minimum Gasteiger partial charge on any atom is -0.452 e. The van der Waals surface area contributed by atoms with Crippen molar-refractivity contribution in [2.75, 3.05) is 0 Å². The highest BCUT2D eigenvalue weighted by atomic mass is 35.5. The van der Waals surface area contributed by atoms with Crippen LogP contribution in [0, 0.1) is 0 Å². The summed E-state index contributed by atoms with van der Waals surface area (Å²) in [6.45, 7) is 2.68. The summed E-state index contributed by atoms with van der Waals surface area (Å²) in [7, 11) is 0. The molecule has 5 nitrogen and oxygen atoms in total. The van der Waals surface area contributed by atoms with Crippen LogP contribution < -0.4 is 0 Å². The molecule has 3 rings (SSSR count). The van der Waals surface area contributed by atoms with Gasteiger partial charge in [0.1, 0.15) is 24.7 Å². The lowest BCUT2D eigenvalue weighted by Gasteiger charge is -2.30. The van der Waals surface area contributed by atoms with Crippen LogP contribution in [0.4, 0.5) is 0 Å². The molecule has 0 amide bonds. The van der Waals surface area contributed by atoms with Gasteiger partial charge in [-0.25, -0.2) is 4.98 Å². The number of allylic oxidation sites excluding steroid dienone is 1. The molecular weight excluding hydrogens is 337 g/mol. The van der Waals surface area contributed by atoms with Crippen molar-refractivity contribution in [3.63, 3.8) is 0 Å². The standard InChI is InChI=1S/C16H17Cl2N3O2/c1-2-3-13-9-22-16(23-13,6-7-21-11-19-10-20-21)14-5-4-12(17)8-15(14)18/h4-5,8-11H,2-3,6-7H2,1H3. The van der Waals surface area contributed by atoms with Gasteiger partial charge in [0.05, 0.1) is 17.1 Å². The van der Waals surface area contributed by atoms with Crippen LogP contribution >= 0.6 is 23.2 Å². The van der Waals surface area contributed by atoms with E-state index in [-0.39, 0.29) is 0 Å².